The van der Waals surface area contributed by atoms with Crippen molar-refractivity contribution in [3.05, 3.63) is 83.7 Å². The highest BCUT2D eigenvalue weighted by atomic mass is 16.2. The molecule has 1 saturated heterocycles. The Kier molecular flexibility index (Phi) is 7.53. The first-order chi connectivity index (χ1) is 19.0. The SMILES string of the molecule is CC(C)CC1C(=O)NC(C2Cc3ccccc3C2)C(=O)N1C(C(=O)NC(C)(C)C)c1ccc(-n2cccn2)cc1. The Morgan fingerprint density at radius 3 is 2.23 bits per heavy atom. The van der Waals surface area contributed by atoms with E-state index in [2.05, 4.69) is 27.9 Å². The quantitative estimate of drug-likeness (QED) is 0.473. The zero-order valence-corrected chi connectivity index (χ0v) is 23.9. The molecule has 0 bridgehead atoms. The van der Waals surface area contributed by atoms with Gasteiger partial charge in [0.05, 0.1) is 5.69 Å². The van der Waals surface area contributed by atoms with E-state index >= 15 is 0 Å². The van der Waals surface area contributed by atoms with Crippen LogP contribution in [0.15, 0.2) is 67.0 Å². The molecule has 1 aromatic heterocycles. The van der Waals surface area contributed by atoms with Gasteiger partial charge < -0.3 is 15.5 Å². The first-order valence-corrected chi connectivity index (χ1v) is 14.1. The van der Waals surface area contributed by atoms with Gasteiger partial charge in [-0.15, -0.1) is 0 Å². The van der Waals surface area contributed by atoms with E-state index < -0.39 is 23.7 Å². The number of hydrogen-bond donors (Lipinski definition) is 2. The summed E-state index contributed by atoms with van der Waals surface area (Å²) in [7, 11) is 0. The van der Waals surface area contributed by atoms with E-state index in [0.717, 1.165) is 5.69 Å². The van der Waals surface area contributed by atoms with Crippen molar-refractivity contribution in [3.8, 4) is 5.69 Å². The number of nitrogens with zero attached hydrogens (tertiary/aromatic N) is 3. The van der Waals surface area contributed by atoms with Crippen LogP contribution in [0.3, 0.4) is 0 Å². The number of hydrogen-bond acceptors (Lipinski definition) is 4. The van der Waals surface area contributed by atoms with Crippen molar-refractivity contribution in [1.82, 2.24) is 25.3 Å². The summed E-state index contributed by atoms with van der Waals surface area (Å²) in [5.74, 6) is -0.620. The third-order valence-electron chi connectivity index (χ3n) is 7.71. The standard InChI is InChI=1S/C32H39N5O3/c1-20(2)17-26-29(38)34-27(24-18-22-9-6-7-10-23(22)19-24)31(40)37(26)28(30(39)35-32(3,4)5)21-11-13-25(14-12-21)36-16-8-15-33-36/h6-16,20,24,26-28H,17-19H2,1-5H3,(H,34,38)(H,35,39). The van der Waals surface area contributed by atoms with Gasteiger partial charge in [-0.1, -0.05) is 50.2 Å². The molecule has 0 saturated carbocycles. The summed E-state index contributed by atoms with van der Waals surface area (Å²) < 4.78 is 1.74. The molecule has 8 nitrogen and oxygen atoms in total. The molecule has 2 aliphatic rings. The summed E-state index contributed by atoms with van der Waals surface area (Å²) in [5, 5.41) is 10.5. The molecule has 40 heavy (non-hydrogen) atoms. The Morgan fingerprint density at radius 1 is 1.02 bits per heavy atom. The molecule has 0 spiro atoms. The van der Waals surface area contributed by atoms with Crippen LogP contribution in [0.2, 0.25) is 0 Å². The van der Waals surface area contributed by atoms with Crippen molar-refractivity contribution in [1.29, 1.82) is 0 Å². The summed E-state index contributed by atoms with van der Waals surface area (Å²) in [6, 6.07) is 15.1. The van der Waals surface area contributed by atoms with Crippen LogP contribution in [0.25, 0.3) is 5.69 Å². The molecule has 1 aliphatic heterocycles. The molecule has 3 unspecified atom stereocenters. The molecule has 1 fully saturated rings. The summed E-state index contributed by atoms with van der Waals surface area (Å²) in [5.41, 5.74) is 3.39. The number of rotatable bonds is 7. The molecule has 5 rings (SSSR count). The first-order valence-electron chi connectivity index (χ1n) is 14.1. The van der Waals surface area contributed by atoms with Crippen molar-refractivity contribution in [2.75, 3.05) is 0 Å². The van der Waals surface area contributed by atoms with Crippen LogP contribution in [0.5, 0.6) is 0 Å². The lowest BCUT2D eigenvalue weighted by molar-refractivity contribution is -0.158. The number of carbonyl (C=O) groups is 3. The fourth-order valence-electron chi connectivity index (χ4n) is 5.98. The van der Waals surface area contributed by atoms with Crippen molar-refractivity contribution in [3.63, 3.8) is 0 Å². The van der Waals surface area contributed by atoms with Crippen LogP contribution in [0.1, 0.15) is 63.8 Å². The fraction of sp³-hybridized carbons (Fsp3) is 0.438. The van der Waals surface area contributed by atoms with Gasteiger partial charge in [-0.25, -0.2) is 4.68 Å². The topological polar surface area (TPSA) is 96.3 Å². The third-order valence-corrected chi connectivity index (χ3v) is 7.71. The normalized spacial score (nSPS) is 20.4. The molecule has 8 heteroatoms. The van der Waals surface area contributed by atoms with Gasteiger partial charge in [-0.05, 0) is 86.8 Å². The van der Waals surface area contributed by atoms with Gasteiger partial charge >= 0.3 is 0 Å². The summed E-state index contributed by atoms with van der Waals surface area (Å²) in [6.07, 6.45) is 5.44. The van der Waals surface area contributed by atoms with Crippen LogP contribution >= 0.6 is 0 Å². The average molecular weight is 542 g/mol. The van der Waals surface area contributed by atoms with Crippen molar-refractivity contribution >= 4 is 17.7 Å². The van der Waals surface area contributed by atoms with E-state index in [0.29, 0.717) is 24.8 Å². The molecular weight excluding hydrogens is 502 g/mol. The minimum atomic E-state index is -0.959. The number of benzene rings is 2. The second-order valence-corrected chi connectivity index (χ2v) is 12.5. The predicted octanol–water partition coefficient (Wildman–Crippen LogP) is 3.98. The fourth-order valence-corrected chi connectivity index (χ4v) is 5.98. The minimum absolute atomic E-state index is 0.0649. The van der Waals surface area contributed by atoms with Crippen LogP contribution < -0.4 is 10.6 Å². The lowest BCUT2D eigenvalue weighted by Crippen LogP contribution is -2.67. The second-order valence-electron chi connectivity index (χ2n) is 12.5. The smallest absolute Gasteiger partial charge is 0.247 e. The number of aromatic nitrogens is 2. The van der Waals surface area contributed by atoms with Crippen LogP contribution in [-0.4, -0.2) is 50.0 Å². The summed E-state index contributed by atoms with van der Waals surface area (Å²) in [4.78, 5) is 43.8. The van der Waals surface area contributed by atoms with E-state index in [1.807, 2.05) is 83.3 Å². The van der Waals surface area contributed by atoms with Gasteiger partial charge in [-0.3, -0.25) is 14.4 Å². The average Bonchev–Trinajstić information content (AvgIpc) is 3.57. The van der Waals surface area contributed by atoms with Crippen molar-refractivity contribution in [2.24, 2.45) is 11.8 Å². The Bertz CT molecular complexity index is 1350. The molecule has 2 aromatic carbocycles. The van der Waals surface area contributed by atoms with Gasteiger partial charge in [0, 0.05) is 17.9 Å². The molecule has 3 amide bonds. The molecule has 1 aliphatic carbocycles. The van der Waals surface area contributed by atoms with E-state index in [1.165, 1.54) is 11.1 Å². The number of carbonyl (C=O) groups excluding carboxylic acids is 3. The van der Waals surface area contributed by atoms with Gasteiger partial charge in [0.15, 0.2) is 0 Å². The maximum Gasteiger partial charge on any atom is 0.247 e. The molecule has 3 atom stereocenters. The van der Waals surface area contributed by atoms with E-state index in [1.54, 1.807) is 15.8 Å². The predicted molar refractivity (Wildman–Crippen MR) is 154 cm³/mol. The Hall–Kier alpha value is -3.94. The number of piperazine rings is 1. The molecule has 0 radical (unpaired) electrons. The zero-order chi connectivity index (χ0) is 28.6. The van der Waals surface area contributed by atoms with Crippen molar-refractivity contribution in [2.45, 2.75) is 77.5 Å². The highest BCUT2D eigenvalue weighted by Gasteiger charge is 2.49. The van der Waals surface area contributed by atoms with Crippen molar-refractivity contribution < 1.29 is 14.4 Å². The maximum absolute atomic E-state index is 14.5. The van der Waals surface area contributed by atoms with Crippen LogP contribution in [0.4, 0.5) is 0 Å². The number of nitrogens with one attached hydrogen (secondary N) is 2. The van der Waals surface area contributed by atoms with Gasteiger partial charge in [0.2, 0.25) is 17.7 Å². The molecule has 2 N–H and O–H groups in total. The molecule has 2 heterocycles. The summed E-state index contributed by atoms with van der Waals surface area (Å²) in [6.45, 7) is 9.80. The molecule has 210 valence electrons. The third kappa shape index (κ3) is 5.67. The van der Waals surface area contributed by atoms with E-state index in [4.69, 9.17) is 0 Å². The van der Waals surface area contributed by atoms with Gasteiger partial charge in [0.25, 0.3) is 0 Å². The minimum Gasteiger partial charge on any atom is -0.349 e. The number of fused-ring (bicyclic) bond motifs is 1. The van der Waals surface area contributed by atoms with E-state index in [9.17, 15) is 14.4 Å². The maximum atomic E-state index is 14.5. The summed E-state index contributed by atoms with van der Waals surface area (Å²) >= 11 is 0. The second kappa shape index (κ2) is 10.9. The van der Waals surface area contributed by atoms with Gasteiger partial charge in [-0.2, -0.15) is 5.10 Å². The van der Waals surface area contributed by atoms with E-state index in [-0.39, 0.29) is 29.6 Å². The lowest BCUT2D eigenvalue weighted by atomic mass is 9.87. The van der Waals surface area contributed by atoms with Crippen LogP contribution in [-0.2, 0) is 27.2 Å². The van der Waals surface area contributed by atoms with Gasteiger partial charge in [0.1, 0.15) is 18.1 Å². The monoisotopic (exact) mass is 541 g/mol. The highest BCUT2D eigenvalue weighted by Crippen LogP contribution is 2.35. The Labute approximate surface area is 236 Å². The Morgan fingerprint density at radius 2 is 1.68 bits per heavy atom. The Balaban J connectivity index is 1.55. The lowest BCUT2D eigenvalue weighted by Gasteiger charge is -2.45. The van der Waals surface area contributed by atoms with Crippen LogP contribution in [0, 0.1) is 11.8 Å². The number of amides is 3. The largest absolute Gasteiger partial charge is 0.349 e. The highest BCUT2D eigenvalue weighted by molar-refractivity contribution is 6.00. The first kappa shape index (κ1) is 27.6. The molecule has 3 aromatic rings. The zero-order valence-electron chi connectivity index (χ0n) is 23.9. The molecular formula is C32H39N5O3.